The Bertz CT molecular complexity index is 486. The van der Waals surface area contributed by atoms with Crippen LogP contribution in [0, 0.1) is 0 Å². The number of amides is 1. The maximum absolute atomic E-state index is 11.8. The normalized spacial score (nSPS) is 9.81. The van der Waals surface area contributed by atoms with Gasteiger partial charge in [0.15, 0.2) is 0 Å². The molecule has 0 bridgehead atoms. The van der Waals surface area contributed by atoms with Crippen LogP contribution in [0.5, 0.6) is 5.88 Å². The number of aromatic nitrogens is 3. The van der Waals surface area contributed by atoms with E-state index in [0.717, 1.165) is 11.5 Å². The lowest BCUT2D eigenvalue weighted by Crippen LogP contribution is -2.12. The van der Waals surface area contributed by atoms with Gasteiger partial charge in [-0.3, -0.25) is 4.79 Å². The van der Waals surface area contributed by atoms with Crippen LogP contribution in [-0.2, 0) is 0 Å². The van der Waals surface area contributed by atoms with Gasteiger partial charge in [-0.25, -0.2) is 4.98 Å². The van der Waals surface area contributed by atoms with Crippen molar-refractivity contribution in [2.24, 2.45) is 0 Å². The molecule has 2 aromatic heterocycles. The topological polar surface area (TPSA) is 77.0 Å². The Morgan fingerprint density at radius 2 is 2.44 bits per heavy atom. The zero-order valence-electron chi connectivity index (χ0n) is 8.38. The van der Waals surface area contributed by atoms with Crippen molar-refractivity contribution in [3.63, 3.8) is 0 Å². The third-order valence-corrected chi connectivity index (χ3v) is 2.39. The Morgan fingerprint density at radius 3 is 3.12 bits per heavy atom. The number of rotatable bonds is 3. The molecule has 0 aliphatic rings. The van der Waals surface area contributed by atoms with Gasteiger partial charge in [-0.05, 0) is 12.1 Å². The number of methoxy groups -OCH3 is 1. The van der Waals surface area contributed by atoms with Crippen molar-refractivity contribution in [2.75, 3.05) is 12.4 Å². The number of ether oxygens (including phenoxy) is 1. The first-order valence-electron chi connectivity index (χ1n) is 4.39. The quantitative estimate of drug-likeness (QED) is 0.866. The molecule has 0 aromatic carbocycles. The van der Waals surface area contributed by atoms with Crippen LogP contribution in [0.25, 0.3) is 0 Å². The molecule has 0 unspecified atom stereocenters. The summed E-state index contributed by atoms with van der Waals surface area (Å²) >= 11 is 1.11. The number of hydrogen-bond donors (Lipinski definition) is 1. The third kappa shape index (κ3) is 2.14. The summed E-state index contributed by atoms with van der Waals surface area (Å²) in [6, 6.07) is 3.30. The third-order valence-electron chi connectivity index (χ3n) is 1.81. The highest BCUT2D eigenvalue weighted by Gasteiger charge is 2.13. The molecular formula is C9H8N4O2S. The second-order valence-electron chi connectivity index (χ2n) is 2.80. The number of carbonyl (C=O) groups excluding carboxylic acids is 1. The molecule has 0 saturated carbocycles. The van der Waals surface area contributed by atoms with Crippen LogP contribution in [0.15, 0.2) is 24.5 Å². The van der Waals surface area contributed by atoms with Crippen molar-refractivity contribution in [3.05, 3.63) is 30.1 Å². The average Bonchev–Trinajstić information content (AvgIpc) is 2.81. The summed E-state index contributed by atoms with van der Waals surface area (Å²) in [7, 11) is 1.47. The standard InChI is InChI=1S/C9H8N4O2S/c1-15-9-6(3-2-4-10-9)8(14)12-7-5-11-13-16-7/h2-5H,1H3,(H,12,14). The van der Waals surface area contributed by atoms with Crippen LogP contribution in [0.3, 0.4) is 0 Å². The SMILES string of the molecule is COc1ncccc1C(=O)Nc1cnns1. The van der Waals surface area contributed by atoms with Gasteiger partial charge in [-0.15, -0.1) is 5.10 Å². The van der Waals surface area contributed by atoms with Gasteiger partial charge in [0.2, 0.25) is 5.88 Å². The Morgan fingerprint density at radius 1 is 1.56 bits per heavy atom. The first kappa shape index (κ1) is 10.5. The molecular weight excluding hydrogens is 228 g/mol. The first-order chi connectivity index (χ1) is 7.81. The van der Waals surface area contributed by atoms with Crippen molar-refractivity contribution >= 4 is 22.4 Å². The minimum atomic E-state index is -0.295. The van der Waals surface area contributed by atoms with E-state index in [1.807, 2.05) is 0 Å². The summed E-state index contributed by atoms with van der Waals surface area (Å²) in [6.07, 6.45) is 3.04. The number of carbonyl (C=O) groups is 1. The van der Waals surface area contributed by atoms with Crippen LogP contribution < -0.4 is 10.1 Å². The average molecular weight is 236 g/mol. The van der Waals surface area contributed by atoms with Gasteiger partial charge in [-0.2, -0.15) is 0 Å². The number of nitrogens with one attached hydrogen (secondary N) is 1. The Labute approximate surface area is 95.5 Å². The smallest absolute Gasteiger partial charge is 0.261 e. The highest BCUT2D eigenvalue weighted by atomic mass is 32.1. The molecule has 82 valence electrons. The van der Waals surface area contributed by atoms with Gasteiger partial charge in [0.25, 0.3) is 5.91 Å². The maximum atomic E-state index is 11.8. The van der Waals surface area contributed by atoms with E-state index in [1.165, 1.54) is 13.3 Å². The molecule has 0 spiro atoms. The van der Waals surface area contributed by atoms with Gasteiger partial charge >= 0.3 is 0 Å². The Hall–Kier alpha value is -2.02. The first-order valence-corrected chi connectivity index (χ1v) is 5.16. The van der Waals surface area contributed by atoms with E-state index in [2.05, 4.69) is 19.9 Å². The van der Waals surface area contributed by atoms with Crippen molar-refractivity contribution < 1.29 is 9.53 Å². The van der Waals surface area contributed by atoms with E-state index < -0.39 is 0 Å². The molecule has 0 radical (unpaired) electrons. The summed E-state index contributed by atoms with van der Waals surface area (Å²) in [6.45, 7) is 0. The molecule has 16 heavy (non-hydrogen) atoms. The van der Waals surface area contributed by atoms with Gasteiger partial charge in [-0.1, -0.05) is 4.49 Å². The van der Waals surface area contributed by atoms with Gasteiger partial charge in [0.05, 0.1) is 13.3 Å². The van der Waals surface area contributed by atoms with Crippen molar-refractivity contribution in [1.82, 2.24) is 14.6 Å². The molecule has 7 heteroatoms. The molecule has 2 heterocycles. The van der Waals surface area contributed by atoms with Gasteiger partial charge in [0.1, 0.15) is 10.6 Å². The summed E-state index contributed by atoms with van der Waals surface area (Å²) in [5, 5.41) is 6.85. The zero-order valence-corrected chi connectivity index (χ0v) is 9.19. The van der Waals surface area contributed by atoms with Gasteiger partial charge in [0, 0.05) is 17.7 Å². The van der Waals surface area contributed by atoms with Crippen molar-refractivity contribution in [1.29, 1.82) is 0 Å². The van der Waals surface area contributed by atoms with Crippen LogP contribution in [-0.4, -0.2) is 27.6 Å². The lowest BCUT2D eigenvalue weighted by molar-refractivity contribution is 0.102. The molecule has 2 aromatic rings. The molecule has 0 fully saturated rings. The van der Waals surface area contributed by atoms with E-state index in [-0.39, 0.29) is 11.8 Å². The van der Waals surface area contributed by atoms with E-state index in [1.54, 1.807) is 18.3 Å². The minimum Gasteiger partial charge on any atom is -0.480 e. The summed E-state index contributed by atoms with van der Waals surface area (Å²) in [5.41, 5.74) is 0.374. The fourth-order valence-corrected chi connectivity index (χ4v) is 1.54. The van der Waals surface area contributed by atoms with E-state index in [4.69, 9.17) is 4.74 Å². The van der Waals surface area contributed by atoms with Crippen molar-refractivity contribution in [3.8, 4) is 5.88 Å². The second kappa shape index (κ2) is 4.67. The number of hydrogen-bond acceptors (Lipinski definition) is 6. The predicted molar refractivity (Wildman–Crippen MR) is 58.7 cm³/mol. The molecule has 0 atom stereocenters. The second-order valence-corrected chi connectivity index (χ2v) is 3.58. The summed E-state index contributed by atoms with van der Waals surface area (Å²) in [5.74, 6) is -0.00604. The largest absolute Gasteiger partial charge is 0.480 e. The molecule has 2 rings (SSSR count). The van der Waals surface area contributed by atoms with E-state index in [9.17, 15) is 4.79 Å². The lowest BCUT2D eigenvalue weighted by atomic mass is 10.2. The molecule has 0 aliphatic carbocycles. The number of pyridine rings is 1. The fourth-order valence-electron chi connectivity index (χ4n) is 1.13. The number of anilines is 1. The maximum Gasteiger partial charge on any atom is 0.261 e. The molecule has 0 saturated heterocycles. The van der Waals surface area contributed by atoms with Crippen molar-refractivity contribution in [2.45, 2.75) is 0 Å². The van der Waals surface area contributed by atoms with Crippen LogP contribution in [0.2, 0.25) is 0 Å². The highest BCUT2D eigenvalue weighted by Crippen LogP contribution is 2.17. The fraction of sp³-hybridized carbons (Fsp3) is 0.111. The monoisotopic (exact) mass is 236 g/mol. The highest BCUT2D eigenvalue weighted by molar-refractivity contribution is 7.10. The molecule has 1 N–H and O–H groups in total. The van der Waals surface area contributed by atoms with Gasteiger partial charge < -0.3 is 10.1 Å². The van der Waals surface area contributed by atoms with Crippen LogP contribution in [0.4, 0.5) is 5.00 Å². The summed E-state index contributed by atoms with van der Waals surface area (Å²) < 4.78 is 8.63. The molecule has 6 nitrogen and oxygen atoms in total. The Balaban J connectivity index is 2.21. The number of nitrogens with zero attached hydrogens (tertiary/aromatic N) is 3. The van der Waals surface area contributed by atoms with Crippen LogP contribution >= 0.6 is 11.5 Å². The molecule has 1 amide bonds. The van der Waals surface area contributed by atoms with E-state index in [0.29, 0.717) is 10.6 Å². The summed E-state index contributed by atoms with van der Waals surface area (Å²) in [4.78, 5) is 15.7. The van der Waals surface area contributed by atoms with Crippen LogP contribution in [0.1, 0.15) is 10.4 Å². The Kier molecular flexibility index (Phi) is 3.06. The molecule has 0 aliphatic heterocycles. The predicted octanol–water partition coefficient (Wildman–Crippen LogP) is 1.19. The lowest BCUT2D eigenvalue weighted by Gasteiger charge is -2.05. The zero-order chi connectivity index (χ0) is 11.4. The minimum absolute atomic E-state index is 0.289. The van der Waals surface area contributed by atoms with E-state index >= 15 is 0 Å².